The van der Waals surface area contributed by atoms with Crippen molar-refractivity contribution in [3.05, 3.63) is 0 Å². The highest BCUT2D eigenvalue weighted by Gasteiger charge is 2.42. The van der Waals surface area contributed by atoms with Crippen LogP contribution in [0.15, 0.2) is 0 Å². The molecule has 1 nitrogen and oxygen atoms in total. The summed E-state index contributed by atoms with van der Waals surface area (Å²) in [5.74, 6) is 0. The molecule has 0 atom stereocenters. The average Bonchev–Trinajstić information content (AvgIpc) is 1.55. The second-order valence-corrected chi connectivity index (χ2v) is 14.7. The zero-order valence-electron chi connectivity index (χ0n) is 5.71. The third kappa shape index (κ3) is 7.29. The monoisotopic (exact) mass is 314 g/mol. The Kier molecular flexibility index (Phi) is 4.60. The first kappa shape index (κ1) is 11.9. The largest absolute Gasteiger partial charge is 0.399 e. The summed E-state index contributed by atoms with van der Waals surface area (Å²) in [5.41, 5.74) is -2.84. The lowest BCUT2D eigenvalue weighted by molar-refractivity contribution is -0.111. The van der Waals surface area contributed by atoms with Crippen LogP contribution in [0.1, 0.15) is 6.92 Å². The van der Waals surface area contributed by atoms with Crippen molar-refractivity contribution in [2.24, 2.45) is 0 Å². The predicted molar refractivity (Wildman–Crippen MR) is 46.1 cm³/mol. The molecule has 7 heteroatoms. The highest BCUT2D eigenvalue weighted by Crippen LogP contribution is 2.35. The van der Waals surface area contributed by atoms with Gasteiger partial charge >= 0.3 is 11.7 Å². The highest BCUT2D eigenvalue weighted by atomic mass is 79.9. The number of halogens is 5. The average molecular weight is 316 g/mol. The number of hydrogen-bond donors (Lipinski definition) is 0. The molecule has 0 saturated heterocycles. The van der Waals surface area contributed by atoms with Gasteiger partial charge in [-0.1, -0.05) is 30.6 Å². The van der Waals surface area contributed by atoms with Crippen LogP contribution in [0.5, 0.6) is 0 Å². The van der Waals surface area contributed by atoms with Crippen molar-refractivity contribution in [2.45, 2.75) is 19.1 Å². The van der Waals surface area contributed by atoms with Crippen molar-refractivity contribution in [3.8, 4) is 0 Å². The molecule has 0 aliphatic heterocycles. The van der Waals surface area contributed by atoms with Crippen molar-refractivity contribution >= 4 is 36.1 Å². The van der Waals surface area contributed by atoms with Crippen LogP contribution in [0.2, 0.25) is 6.04 Å². The molecule has 0 aliphatic rings. The molecule has 68 valence electrons. The molecule has 0 amide bonds. The van der Waals surface area contributed by atoms with Gasteiger partial charge in [0.2, 0.25) is 0 Å². The summed E-state index contributed by atoms with van der Waals surface area (Å²) in [6.45, 7) is 1.93. The molecule has 0 N–H and O–H groups in total. The predicted octanol–water partition coefficient (Wildman–Crippen LogP) is 3.31. The molecule has 0 spiro atoms. The van der Waals surface area contributed by atoms with E-state index in [-0.39, 0.29) is 6.61 Å². The molecule has 0 heterocycles. The summed E-state index contributed by atoms with van der Waals surface area (Å²) in [4.78, 5) is 0. The molecule has 0 radical (unpaired) electrons. The standard InChI is InChI=1S/C4H7Br2F3OSi/c1-2-10-11(5,6)3-4(7,8)9/h2-3H2,1H3. The van der Waals surface area contributed by atoms with E-state index in [1.165, 1.54) is 0 Å². The molecule has 0 bridgehead atoms. The van der Waals surface area contributed by atoms with Crippen molar-refractivity contribution in [3.63, 3.8) is 0 Å². The minimum atomic E-state index is -4.17. The molecule has 11 heavy (non-hydrogen) atoms. The minimum absolute atomic E-state index is 0.277. The van der Waals surface area contributed by atoms with Crippen LogP contribution in [-0.4, -0.2) is 18.3 Å². The smallest absolute Gasteiger partial charge is 0.390 e. The van der Waals surface area contributed by atoms with Crippen molar-refractivity contribution < 1.29 is 17.6 Å². The number of alkyl halides is 3. The summed E-state index contributed by atoms with van der Waals surface area (Å²) in [6.07, 6.45) is -4.17. The molecular formula is C4H7Br2F3OSi. The summed E-state index contributed by atoms with van der Waals surface area (Å²) in [5, 5.41) is 0. The van der Waals surface area contributed by atoms with E-state index in [0.717, 1.165) is 0 Å². The van der Waals surface area contributed by atoms with E-state index in [1.807, 2.05) is 0 Å². The zero-order chi connectivity index (χ0) is 9.12. The van der Waals surface area contributed by atoms with Crippen LogP contribution in [-0.2, 0) is 4.43 Å². The van der Waals surface area contributed by atoms with Crippen molar-refractivity contribution in [1.82, 2.24) is 0 Å². The van der Waals surface area contributed by atoms with Crippen molar-refractivity contribution in [1.29, 1.82) is 0 Å². The van der Waals surface area contributed by atoms with Crippen LogP contribution in [0, 0.1) is 0 Å². The molecule has 0 aromatic carbocycles. The fourth-order valence-electron chi connectivity index (χ4n) is 0.496. The Morgan fingerprint density at radius 3 is 2.09 bits per heavy atom. The van der Waals surface area contributed by atoms with Gasteiger partial charge in [-0.15, -0.1) is 0 Å². The lowest BCUT2D eigenvalue weighted by Gasteiger charge is -2.18. The third-order valence-corrected chi connectivity index (χ3v) is 5.34. The van der Waals surface area contributed by atoms with Crippen LogP contribution in [0.25, 0.3) is 0 Å². The van der Waals surface area contributed by atoms with Crippen molar-refractivity contribution in [2.75, 3.05) is 6.61 Å². The first-order valence-corrected chi connectivity index (χ1v) is 9.48. The molecule has 0 aromatic rings. The second-order valence-electron chi connectivity index (χ2n) is 1.86. The SMILES string of the molecule is CCO[Si](Br)(Br)CC(F)(F)F. The number of rotatable bonds is 3. The quantitative estimate of drug-likeness (QED) is 0.573. The first-order valence-electron chi connectivity index (χ1n) is 2.85. The molecule has 0 saturated carbocycles. The van der Waals surface area contributed by atoms with Crippen LogP contribution in [0.3, 0.4) is 0 Å². The van der Waals surface area contributed by atoms with E-state index in [0.29, 0.717) is 0 Å². The van der Waals surface area contributed by atoms with E-state index >= 15 is 0 Å². The second kappa shape index (κ2) is 4.24. The summed E-state index contributed by atoms with van der Waals surface area (Å²) < 4.78 is 40.2. The van der Waals surface area contributed by atoms with E-state index in [1.54, 1.807) is 6.92 Å². The maximum absolute atomic E-state index is 11.8. The van der Waals surface area contributed by atoms with Gasteiger partial charge < -0.3 is 4.43 Å². The summed E-state index contributed by atoms with van der Waals surface area (Å²) >= 11 is 5.78. The van der Waals surface area contributed by atoms with Gasteiger partial charge in [-0.25, -0.2) is 0 Å². The van der Waals surface area contributed by atoms with Crippen LogP contribution >= 0.6 is 30.6 Å². The highest BCUT2D eigenvalue weighted by molar-refractivity contribution is 9.50. The molecule has 0 unspecified atom stereocenters. The Bertz CT molecular complexity index is 127. The van der Waals surface area contributed by atoms with E-state index in [2.05, 4.69) is 30.6 Å². The molecular weight excluding hydrogens is 309 g/mol. The van der Waals surface area contributed by atoms with Gasteiger partial charge in [0.1, 0.15) is 0 Å². The van der Waals surface area contributed by atoms with Crippen LogP contribution in [0.4, 0.5) is 13.2 Å². The lowest BCUT2D eigenvalue weighted by Crippen LogP contribution is -2.30. The normalized spacial score (nSPS) is 13.6. The van der Waals surface area contributed by atoms with Gasteiger partial charge in [-0.2, -0.15) is 13.2 Å². The maximum atomic E-state index is 11.8. The Hall–Kier alpha value is 0.927. The Labute approximate surface area is 79.6 Å². The Morgan fingerprint density at radius 1 is 1.36 bits per heavy atom. The van der Waals surface area contributed by atoms with Gasteiger partial charge in [-0.3, -0.25) is 0 Å². The van der Waals surface area contributed by atoms with E-state index < -0.39 is 17.8 Å². The van der Waals surface area contributed by atoms with Gasteiger partial charge in [0.25, 0.3) is 0 Å². The number of hydrogen-bond acceptors (Lipinski definition) is 1. The molecule has 0 fully saturated rings. The summed E-state index contributed by atoms with van der Waals surface area (Å²) in [6, 6.07) is -0.923. The van der Waals surface area contributed by atoms with Gasteiger partial charge in [0.15, 0.2) is 0 Å². The zero-order valence-corrected chi connectivity index (χ0v) is 9.88. The molecule has 0 rings (SSSR count). The molecule has 0 aliphatic carbocycles. The minimum Gasteiger partial charge on any atom is -0.399 e. The van der Waals surface area contributed by atoms with Gasteiger partial charge in [0.05, 0.1) is 6.04 Å². The van der Waals surface area contributed by atoms with Crippen LogP contribution < -0.4 is 0 Å². The van der Waals surface area contributed by atoms with Gasteiger partial charge in [0, 0.05) is 6.61 Å². The topological polar surface area (TPSA) is 9.23 Å². The Morgan fingerprint density at radius 2 is 1.82 bits per heavy atom. The Balaban J connectivity index is 3.91. The first-order chi connectivity index (χ1) is 4.77. The van der Waals surface area contributed by atoms with Gasteiger partial charge in [-0.05, 0) is 6.92 Å². The summed E-state index contributed by atoms with van der Waals surface area (Å²) in [7, 11) is 0. The fraction of sp³-hybridized carbons (Fsp3) is 1.00. The van der Waals surface area contributed by atoms with E-state index in [4.69, 9.17) is 4.43 Å². The molecule has 0 aromatic heterocycles. The lowest BCUT2D eigenvalue weighted by atomic mass is 10.8. The maximum Gasteiger partial charge on any atom is 0.390 e. The van der Waals surface area contributed by atoms with E-state index in [9.17, 15) is 13.2 Å². The fourth-order valence-corrected chi connectivity index (χ4v) is 4.77. The third-order valence-electron chi connectivity index (χ3n) is 0.762.